The van der Waals surface area contributed by atoms with Crippen LogP contribution in [0.25, 0.3) is 0 Å². The molecule has 0 spiro atoms. The monoisotopic (exact) mass is 372 g/mol. The number of hydrogen-bond donors (Lipinski definition) is 2. The number of rotatable bonds is 4. The van der Waals surface area contributed by atoms with Crippen LogP contribution in [-0.4, -0.2) is 44.9 Å². The minimum absolute atomic E-state index is 0.0184. The molecule has 1 aromatic heterocycles. The van der Waals surface area contributed by atoms with E-state index in [-0.39, 0.29) is 24.3 Å². The van der Waals surface area contributed by atoms with Crippen molar-refractivity contribution in [2.75, 3.05) is 18.4 Å². The topological polar surface area (TPSA) is 87.5 Å². The molecule has 1 saturated carbocycles. The lowest BCUT2D eigenvalue weighted by Crippen LogP contribution is -2.39. The van der Waals surface area contributed by atoms with Crippen LogP contribution in [0.3, 0.4) is 0 Å². The number of carboxylic acid groups (broad SMARTS) is 1. The number of aliphatic carboxylic acids is 1. The van der Waals surface area contributed by atoms with Crippen LogP contribution in [0.4, 0.5) is 15.0 Å². The molecule has 2 fully saturated rings. The third-order valence-electron chi connectivity index (χ3n) is 5.78. The Hall–Kier alpha value is -2.90. The Balaban J connectivity index is 1.44. The van der Waals surface area contributed by atoms with Crippen LogP contribution < -0.4 is 5.32 Å². The summed E-state index contributed by atoms with van der Waals surface area (Å²) in [5, 5.41) is 16.7. The Bertz CT molecular complexity index is 866. The molecule has 2 aromatic rings. The van der Waals surface area contributed by atoms with Gasteiger partial charge in [0, 0.05) is 19.2 Å². The molecule has 1 aliphatic heterocycles. The zero-order valence-electron chi connectivity index (χ0n) is 14.8. The fourth-order valence-electron chi connectivity index (χ4n) is 4.31. The van der Waals surface area contributed by atoms with Crippen LogP contribution in [0.2, 0.25) is 0 Å². The number of nitrogens with one attached hydrogen (secondary N) is 1. The lowest BCUT2D eigenvalue weighted by atomic mass is 9.81. The number of likely N-dealkylation sites (tertiary alicyclic amines) is 1. The first kappa shape index (κ1) is 17.5. The molecule has 2 N–H and O–H groups in total. The summed E-state index contributed by atoms with van der Waals surface area (Å²) < 4.78 is 14.7. The number of aromatic nitrogens is 2. The highest BCUT2D eigenvalue weighted by molar-refractivity contribution is 5.90. The van der Waals surface area contributed by atoms with Gasteiger partial charge in [0.1, 0.15) is 11.6 Å². The number of nitrogens with zero attached hydrogens (tertiary/aromatic N) is 3. The number of benzene rings is 1. The number of urea groups is 1. The fourth-order valence-corrected chi connectivity index (χ4v) is 4.31. The maximum atomic E-state index is 13.0. The largest absolute Gasteiger partial charge is 0.481 e. The summed E-state index contributed by atoms with van der Waals surface area (Å²) in [6.07, 6.45) is 3.95. The van der Waals surface area contributed by atoms with Gasteiger partial charge in [0.05, 0.1) is 18.2 Å². The van der Waals surface area contributed by atoms with Crippen LogP contribution >= 0.6 is 0 Å². The molecule has 2 aliphatic rings. The number of fused-ring (bicyclic) bond motifs is 1. The minimum Gasteiger partial charge on any atom is -0.481 e. The van der Waals surface area contributed by atoms with E-state index in [1.165, 1.54) is 12.1 Å². The van der Waals surface area contributed by atoms with Crippen molar-refractivity contribution < 1.29 is 19.1 Å². The summed E-state index contributed by atoms with van der Waals surface area (Å²) in [6, 6.07) is 7.47. The lowest BCUT2D eigenvalue weighted by molar-refractivity contribution is -0.149. The standard InChI is InChI=1S/C19H21FN4O3/c20-15-5-3-13(4-6-15)10-24-16(7-9-21-24)22-18(27)23-11-14-2-1-8-19(14,12-23)17(25)26/h3-7,9,14H,1-2,8,10-12H2,(H,22,27)(H,25,26)/t14-,19+/m0/s1. The van der Waals surface area contributed by atoms with Crippen molar-refractivity contribution in [2.45, 2.75) is 25.8 Å². The number of hydrogen-bond acceptors (Lipinski definition) is 3. The van der Waals surface area contributed by atoms with Gasteiger partial charge in [-0.3, -0.25) is 10.1 Å². The SMILES string of the molecule is O=C(Nc1ccnn1Cc1ccc(F)cc1)N1C[C@@H]2CCC[C@@]2(C(=O)O)C1. The van der Waals surface area contributed by atoms with Gasteiger partial charge in [0.15, 0.2) is 0 Å². The van der Waals surface area contributed by atoms with Crippen molar-refractivity contribution in [3.63, 3.8) is 0 Å². The molecule has 8 heteroatoms. The van der Waals surface area contributed by atoms with Gasteiger partial charge in [0.2, 0.25) is 0 Å². The molecule has 7 nitrogen and oxygen atoms in total. The van der Waals surface area contributed by atoms with Gasteiger partial charge in [-0.15, -0.1) is 0 Å². The average Bonchev–Trinajstić information content (AvgIpc) is 3.31. The number of carboxylic acids is 1. The number of halogens is 1. The second-order valence-corrected chi connectivity index (χ2v) is 7.36. The lowest BCUT2D eigenvalue weighted by Gasteiger charge is -2.23. The van der Waals surface area contributed by atoms with E-state index in [1.54, 1.807) is 34.0 Å². The molecule has 1 aromatic carbocycles. The Morgan fingerprint density at radius 1 is 1.30 bits per heavy atom. The molecule has 0 unspecified atom stereocenters. The molecular weight excluding hydrogens is 351 g/mol. The second kappa shape index (κ2) is 6.68. The van der Waals surface area contributed by atoms with E-state index in [0.29, 0.717) is 25.3 Å². The van der Waals surface area contributed by atoms with Crippen molar-refractivity contribution in [1.29, 1.82) is 0 Å². The molecule has 142 valence electrons. The quantitative estimate of drug-likeness (QED) is 0.864. The van der Waals surface area contributed by atoms with Gasteiger partial charge in [0.25, 0.3) is 0 Å². The first-order valence-electron chi connectivity index (χ1n) is 9.03. The zero-order chi connectivity index (χ0) is 19.0. The third-order valence-corrected chi connectivity index (χ3v) is 5.78. The predicted octanol–water partition coefficient (Wildman–Crippen LogP) is 2.79. The molecular formula is C19H21FN4O3. The van der Waals surface area contributed by atoms with Crippen LogP contribution in [0.5, 0.6) is 0 Å². The normalized spacial score (nSPS) is 24.0. The van der Waals surface area contributed by atoms with E-state index in [0.717, 1.165) is 18.4 Å². The summed E-state index contributed by atoms with van der Waals surface area (Å²) in [6.45, 7) is 1.10. The molecule has 0 bridgehead atoms. The van der Waals surface area contributed by atoms with Crippen LogP contribution in [-0.2, 0) is 11.3 Å². The van der Waals surface area contributed by atoms with E-state index in [9.17, 15) is 19.1 Å². The van der Waals surface area contributed by atoms with Gasteiger partial charge in [-0.1, -0.05) is 18.6 Å². The fraction of sp³-hybridized carbons (Fsp3) is 0.421. The summed E-state index contributed by atoms with van der Waals surface area (Å²) in [5.74, 6) is -0.572. The molecule has 4 rings (SSSR count). The predicted molar refractivity (Wildman–Crippen MR) is 95.7 cm³/mol. The van der Waals surface area contributed by atoms with Crippen molar-refractivity contribution in [3.05, 3.63) is 47.9 Å². The molecule has 1 aliphatic carbocycles. The Morgan fingerprint density at radius 2 is 2.07 bits per heavy atom. The first-order valence-corrected chi connectivity index (χ1v) is 9.03. The highest BCUT2D eigenvalue weighted by Crippen LogP contribution is 2.48. The maximum Gasteiger partial charge on any atom is 0.323 e. The number of carbonyl (C=O) groups excluding carboxylic acids is 1. The van der Waals surface area contributed by atoms with Crippen molar-refractivity contribution in [3.8, 4) is 0 Å². The molecule has 0 radical (unpaired) electrons. The van der Waals surface area contributed by atoms with Crippen molar-refractivity contribution >= 4 is 17.8 Å². The average molecular weight is 372 g/mol. The van der Waals surface area contributed by atoms with Crippen molar-refractivity contribution in [1.82, 2.24) is 14.7 Å². The Morgan fingerprint density at radius 3 is 2.78 bits per heavy atom. The van der Waals surface area contributed by atoms with Gasteiger partial charge >= 0.3 is 12.0 Å². The summed E-state index contributed by atoms with van der Waals surface area (Å²) in [7, 11) is 0. The van der Waals surface area contributed by atoms with Gasteiger partial charge in [-0.05, 0) is 36.5 Å². The number of carbonyl (C=O) groups is 2. The Labute approximate surface area is 155 Å². The summed E-state index contributed by atoms with van der Waals surface area (Å²) in [4.78, 5) is 26.1. The van der Waals surface area contributed by atoms with Crippen LogP contribution in [0.1, 0.15) is 24.8 Å². The zero-order valence-corrected chi connectivity index (χ0v) is 14.8. The molecule has 27 heavy (non-hydrogen) atoms. The third kappa shape index (κ3) is 3.15. The number of amides is 2. The first-order chi connectivity index (χ1) is 13.0. The molecule has 2 heterocycles. The van der Waals surface area contributed by atoms with E-state index < -0.39 is 11.4 Å². The summed E-state index contributed by atoms with van der Waals surface area (Å²) >= 11 is 0. The van der Waals surface area contributed by atoms with Gasteiger partial charge in [-0.25, -0.2) is 13.9 Å². The smallest absolute Gasteiger partial charge is 0.323 e. The van der Waals surface area contributed by atoms with E-state index in [1.807, 2.05) is 0 Å². The second-order valence-electron chi connectivity index (χ2n) is 7.36. The molecule has 2 amide bonds. The van der Waals surface area contributed by atoms with Crippen LogP contribution in [0.15, 0.2) is 36.5 Å². The highest BCUT2D eigenvalue weighted by atomic mass is 19.1. The van der Waals surface area contributed by atoms with Gasteiger partial charge < -0.3 is 10.0 Å². The molecule has 2 atom stereocenters. The minimum atomic E-state index is -0.804. The van der Waals surface area contributed by atoms with E-state index in [4.69, 9.17) is 0 Å². The van der Waals surface area contributed by atoms with Gasteiger partial charge in [-0.2, -0.15) is 5.10 Å². The Kier molecular flexibility index (Phi) is 4.33. The maximum absolute atomic E-state index is 13.0. The van der Waals surface area contributed by atoms with E-state index in [2.05, 4.69) is 10.4 Å². The van der Waals surface area contributed by atoms with Crippen molar-refractivity contribution in [2.24, 2.45) is 11.3 Å². The number of anilines is 1. The van der Waals surface area contributed by atoms with E-state index >= 15 is 0 Å². The highest BCUT2D eigenvalue weighted by Gasteiger charge is 2.55. The summed E-state index contributed by atoms with van der Waals surface area (Å²) in [5.41, 5.74) is 0.0576. The van der Waals surface area contributed by atoms with Crippen LogP contribution in [0, 0.1) is 17.2 Å². The molecule has 1 saturated heterocycles.